The lowest BCUT2D eigenvalue weighted by atomic mass is 10.1. The molecule has 0 aliphatic carbocycles. The van der Waals surface area contributed by atoms with Crippen LogP contribution in [0.2, 0.25) is 10.0 Å². The highest BCUT2D eigenvalue weighted by Gasteiger charge is 2.23. The van der Waals surface area contributed by atoms with Crippen LogP contribution in [-0.2, 0) is 0 Å². The largest absolute Gasteiger partial charge is 0.432 e. The molecule has 2 N–H and O–H groups in total. The van der Waals surface area contributed by atoms with Gasteiger partial charge in [-0.25, -0.2) is 9.37 Å². The summed E-state index contributed by atoms with van der Waals surface area (Å²) < 4.78 is 18.7. The number of anilines is 1. The third-order valence-electron chi connectivity index (χ3n) is 4.12. The number of nitrogens with zero attached hydrogens (tertiary/aromatic N) is 1. The van der Waals surface area contributed by atoms with Crippen LogP contribution >= 0.6 is 23.2 Å². The molecule has 0 unspecified atom stereocenters. The molecule has 4 rings (SSSR count). The van der Waals surface area contributed by atoms with Crippen molar-refractivity contribution in [2.45, 2.75) is 0 Å². The van der Waals surface area contributed by atoms with E-state index < -0.39 is 5.78 Å². The van der Waals surface area contributed by atoms with Crippen molar-refractivity contribution in [3.05, 3.63) is 81.8 Å². The average molecular weight is 401 g/mol. The second-order valence-corrected chi connectivity index (χ2v) is 6.70. The predicted molar refractivity (Wildman–Crippen MR) is 104 cm³/mol. The van der Waals surface area contributed by atoms with Gasteiger partial charge in [0.05, 0.1) is 21.8 Å². The van der Waals surface area contributed by atoms with E-state index in [2.05, 4.69) is 4.98 Å². The van der Waals surface area contributed by atoms with Crippen LogP contribution in [0, 0.1) is 5.82 Å². The number of furan rings is 1. The Labute approximate surface area is 163 Å². The summed E-state index contributed by atoms with van der Waals surface area (Å²) in [5, 5.41) is 1.13. The first-order chi connectivity index (χ1) is 12.9. The molecule has 4 aromatic rings. The fraction of sp³-hybridized carbons (Fsp3) is 0. The number of carbonyl (C=O) groups excluding carboxylic acids is 1. The molecule has 2 aromatic heterocycles. The molecule has 0 radical (unpaired) electrons. The number of nitrogen functional groups attached to an aromatic ring is 1. The normalized spacial score (nSPS) is 11.1. The smallest absolute Gasteiger partial charge is 0.231 e. The van der Waals surface area contributed by atoms with Crippen molar-refractivity contribution in [2.75, 3.05) is 5.73 Å². The van der Waals surface area contributed by atoms with Gasteiger partial charge in [-0.1, -0.05) is 23.2 Å². The zero-order valence-electron chi connectivity index (χ0n) is 13.7. The van der Waals surface area contributed by atoms with Crippen molar-refractivity contribution in [1.29, 1.82) is 0 Å². The zero-order chi connectivity index (χ0) is 19.1. The highest BCUT2D eigenvalue weighted by molar-refractivity contribution is 6.37. The highest BCUT2D eigenvalue weighted by atomic mass is 35.5. The number of halogens is 3. The Balaban J connectivity index is 1.79. The van der Waals surface area contributed by atoms with Crippen LogP contribution < -0.4 is 5.73 Å². The number of rotatable bonds is 3. The molecule has 0 spiro atoms. The third kappa shape index (κ3) is 3.16. The molecular weight excluding hydrogens is 390 g/mol. The van der Waals surface area contributed by atoms with E-state index in [0.717, 1.165) is 0 Å². The number of aromatic nitrogens is 1. The molecule has 0 aliphatic rings. The van der Waals surface area contributed by atoms with Crippen LogP contribution in [0.4, 0.5) is 10.1 Å². The second kappa shape index (κ2) is 6.68. The van der Waals surface area contributed by atoms with Crippen LogP contribution in [0.5, 0.6) is 0 Å². The molecule has 0 atom stereocenters. The van der Waals surface area contributed by atoms with Gasteiger partial charge in [0.25, 0.3) is 0 Å². The third-order valence-corrected chi connectivity index (χ3v) is 4.66. The lowest BCUT2D eigenvalue weighted by Crippen LogP contribution is -2.03. The summed E-state index contributed by atoms with van der Waals surface area (Å²) in [6.07, 6.45) is 0. The van der Waals surface area contributed by atoms with Crippen molar-refractivity contribution >= 4 is 45.8 Å². The Morgan fingerprint density at radius 3 is 2.48 bits per heavy atom. The zero-order valence-corrected chi connectivity index (χ0v) is 15.2. The van der Waals surface area contributed by atoms with Gasteiger partial charge in [-0.3, -0.25) is 4.79 Å². The fourth-order valence-corrected chi connectivity index (χ4v) is 3.24. The van der Waals surface area contributed by atoms with E-state index in [9.17, 15) is 9.18 Å². The Kier molecular flexibility index (Phi) is 4.34. The van der Waals surface area contributed by atoms with Gasteiger partial charge in [-0.05, 0) is 54.6 Å². The first-order valence-corrected chi connectivity index (χ1v) is 8.64. The minimum Gasteiger partial charge on any atom is -0.432 e. The Morgan fingerprint density at radius 1 is 1.04 bits per heavy atom. The van der Waals surface area contributed by atoms with Crippen LogP contribution in [0.3, 0.4) is 0 Å². The van der Waals surface area contributed by atoms with E-state index in [1.54, 1.807) is 30.3 Å². The molecule has 0 saturated carbocycles. The molecule has 7 heteroatoms. The van der Waals surface area contributed by atoms with Crippen LogP contribution in [0.25, 0.3) is 22.4 Å². The van der Waals surface area contributed by atoms with Crippen LogP contribution in [0.15, 0.2) is 59.0 Å². The minimum atomic E-state index is -0.463. The number of hydrogen-bond donors (Lipinski definition) is 1. The summed E-state index contributed by atoms with van der Waals surface area (Å²) in [6, 6.07) is 13.9. The lowest BCUT2D eigenvalue weighted by molar-refractivity contribution is 0.101. The molecule has 2 heterocycles. The van der Waals surface area contributed by atoms with Gasteiger partial charge in [0.2, 0.25) is 17.3 Å². The van der Waals surface area contributed by atoms with Crippen molar-refractivity contribution in [3.63, 3.8) is 0 Å². The van der Waals surface area contributed by atoms with Crippen molar-refractivity contribution in [1.82, 2.24) is 4.98 Å². The Hall–Kier alpha value is -2.89. The summed E-state index contributed by atoms with van der Waals surface area (Å²) in [5.74, 6) is -0.844. The average Bonchev–Trinajstić information content (AvgIpc) is 2.98. The number of carbonyl (C=O) groups is 1. The van der Waals surface area contributed by atoms with Gasteiger partial charge < -0.3 is 10.2 Å². The predicted octanol–water partition coefficient (Wildman–Crippen LogP) is 5.75. The molecule has 0 aliphatic heterocycles. The van der Waals surface area contributed by atoms with Crippen molar-refractivity contribution in [3.8, 4) is 11.3 Å². The summed E-state index contributed by atoms with van der Waals surface area (Å²) >= 11 is 12.0. The molecular formula is C20H11Cl2FN2O2. The molecule has 2 aromatic carbocycles. The summed E-state index contributed by atoms with van der Waals surface area (Å²) in [7, 11) is 0. The topological polar surface area (TPSA) is 69.1 Å². The van der Waals surface area contributed by atoms with E-state index in [4.69, 9.17) is 33.4 Å². The van der Waals surface area contributed by atoms with E-state index in [1.807, 2.05) is 0 Å². The summed E-state index contributed by atoms with van der Waals surface area (Å²) in [6.45, 7) is 0. The maximum atomic E-state index is 13.1. The van der Waals surface area contributed by atoms with Crippen molar-refractivity contribution < 1.29 is 13.6 Å². The van der Waals surface area contributed by atoms with Gasteiger partial charge in [-0.2, -0.15) is 0 Å². The van der Waals surface area contributed by atoms with Gasteiger partial charge in [0.15, 0.2) is 0 Å². The quantitative estimate of drug-likeness (QED) is 0.444. The lowest BCUT2D eigenvalue weighted by Gasteiger charge is -2.02. The van der Waals surface area contributed by atoms with Crippen LogP contribution in [-0.4, -0.2) is 10.8 Å². The molecule has 0 saturated heterocycles. The van der Waals surface area contributed by atoms with Crippen LogP contribution in [0.1, 0.15) is 16.1 Å². The monoisotopic (exact) mass is 400 g/mol. The molecule has 0 fully saturated rings. The Morgan fingerprint density at radius 2 is 1.78 bits per heavy atom. The van der Waals surface area contributed by atoms with E-state index in [-0.39, 0.29) is 33.6 Å². The van der Waals surface area contributed by atoms with Gasteiger partial charge in [-0.15, -0.1) is 0 Å². The molecule has 27 heavy (non-hydrogen) atoms. The fourth-order valence-electron chi connectivity index (χ4n) is 2.74. The summed E-state index contributed by atoms with van der Waals surface area (Å²) in [4.78, 5) is 17.2. The first kappa shape index (κ1) is 17.5. The minimum absolute atomic E-state index is 0.0435. The maximum absolute atomic E-state index is 13.1. The first-order valence-electron chi connectivity index (χ1n) is 7.89. The SMILES string of the molecule is Nc1c(C(=O)c2ccc(Cl)cc2Cl)oc2nc(-c3ccc(F)cc3)ccc12. The van der Waals surface area contributed by atoms with Gasteiger partial charge in [0.1, 0.15) is 5.82 Å². The van der Waals surface area contributed by atoms with E-state index in [0.29, 0.717) is 21.7 Å². The number of hydrogen-bond acceptors (Lipinski definition) is 4. The molecule has 134 valence electrons. The van der Waals surface area contributed by atoms with Gasteiger partial charge in [0, 0.05) is 16.1 Å². The number of ketones is 1. The van der Waals surface area contributed by atoms with Crippen molar-refractivity contribution in [2.24, 2.45) is 0 Å². The highest BCUT2D eigenvalue weighted by Crippen LogP contribution is 2.33. The number of nitrogens with two attached hydrogens (primary N) is 1. The Bertz CT molecular complexity index is 1190. The molecule has 0 bridgehead atoms. The van der Waals surface area contributed by atoms with E-state index in [1.165, 1.54) is 24.3 Å². The number of fused-ring (bicyclic) bond motifs is 1. The molecule has 4 nitrogen and oxygen atoms in total. The standard InChI is InChI=1S/C20H11Cl2FN2O2/c21-11-3-6-13(15(22)9-11)18(26)19-17(24)14-7-8-16(25-20(14)27-19)10-1-4-12(23)5-2-10/h1-9H,24H2. The maximum Gasteiger partial charge on any atom is 0.231 e. The molecule has 0 amide bonds. The summed E-state index contributed by atoms with van der Waals surface area (Å²) in [5.41, 5.74) is 7.99. The number of benzene rings is 2. The number of pyridine rings is 1. The second-order valence-electron chi connectivity index (χ2n) is 5.85. The van der Waals surface area contributed by atoms with E-state index >= 15 is 0 Å². The van der Waals surface area contributed by atoms with Gasteiger partial charge >= 0.3 is 0 Å².